The number of aromatic nitrogens is 2. The second kappa shape index (κ2) is 7.65. The van der Waals surface area contributed by atoms with Gasteiger partial charge in [0.2, 0.25) is 0 Å². The van der Waals surface area contributed by atoms with E-state index in [1.165, 1.54) is 19.3 Å². The molecule has 0 amide bonds. The van der Waals surface area contributed by atoms with Gasteiger partial charge in [-0.05, 0) is 24.3 Å². The zero-order valence-electron chi connectivity index (χ0n) is 14.8. The van der Waals surface area contributed by atoms with Crippen LogP contribution in [0.5, 0.6) is 5.75 Å². The fourth-order valence-electron chi connectivity index (χ4n) is 2.60. The minimum atomic E-state index is -3.88. The molecule has 1 aromatic carbocycles. The SMILES string of the molecule is COCCOc1cc(N(C)S(=O)(=O)c2ccccn2)c2[nH]c(C#N)cc2c1. The lowest BCUT2D eigenvalue weighted by atomic mass is 10.2. The van der Waals surface area contributed by atoms with Crippen molar-refractivity contribution in [2.45, 2.75) is 5.03 Å². The van der Waals surface area contributed by atoms with Gasteiger partial charge in [0.1, 0.15) is 24.1 Å². The smallest absolute Gasteiger partial charge is 0.281 e. The van der Waals surface area contributed by atoms with Crippen molar-refractivity contribution in [3.8, 4) is 11.8 Å². The number of pyridine rings is 1. The van der Waals surface area contributed by atoms with Crippen LogP contribution in [0.2, 0.25) is 0 Å². The predicted molar refractivity (Wildman–Crippen MR) is 100 cm³/mol. The van der Waals surface area contributed by atoms with Crippen LogP contribution in [0.1, 0.15) is 5.69 Å². The van der Waals surface area contributed by atoms with Crippen LogP contribution in [0.25, 0.3) is 10.9 Å². The molecule has 0 saturated carbocycles. The predicted octanol–water partition coefficient (Wildman–Crippen LogP) is 2.28. The summed E-state index contributed by atoms with van der Waals surface area (Å²) in [6, 6.07) is 11.7. The van der Waals surface area contributed by atoms with Crippen LogP contribution in [0, 0.1) is 11.3 Å². The molecule has 0 saturated heterocycles. The Morgan fingerprint density at radius 1 is 1.26 bits per heavy atom. The number of nitrogens with zero attached hydrogens (tertiary/aromatic N) is 3. The van der Waals surface area contributed by atoms with Crippen LogP contribution in [0.3, 0.4) is 0 Å². The Hall–Kier alpha value is -3.09. The second-order valence-corrected chi connectivity index (χ2v) is 7.60. The fourth-order valence-corrected chi connectivity index (χ4v) is 3.73. The molecule has 1 N–H and O–H groups in total. The quantitative estimate of drug-likeness (QED) is 0.624. The molecule has 0 unspecified atom stereocenters. The molecule has 0 bridgehead atoms. The Morgan fingerprint density at radius 2 is 2.07 bits per heavy atom. The number of nitrogens with one attached hydrogen (secondary N) is 1. The Morgan fingerprint density at radius 3 is 2.74 bits per heavy atom. The van der Waals surface area contributed by atoms with Gasteiger partial charge in [-0.1, -0.05) is 6.07 Å². The maximum absolute atomic E-state index is 12.9. The number of aromatic amines is 1. The van der Waals surface area contributed by atoms with E-state index < -0.39 is 10.0 Å². The highest BCUT2D eigenvalue weighted by Gasteiger charge is 2.25. The highest BCUT2D eigenvalue weighted by atomic mass is 32.2. The van der Waals surface area contributed by atoms with E-state index in [0.717, 1.165) is 4.31 Å². The van der Waals surface area contributed by atoms with Crippen molar-refractivity contribution in [3.63, 3.8) is 0 Å². The summed E-state index contributed by atoms with van der Waals surface area (Å²) in [5, 5.41) is 9.77. The van der Waals surface area contributed by atoms with Gasteiger partial charge in [0.25, 0.3) is 10.0 Å². The largest absolute Gasteiger partial charge is 0.491 e. The number of H-pyrrole nitrogens is 1. The van der Waals surface area contributed by atoms with Crippen LogP contribution in [-0.4, -0.2) is 45.8 Å². The van der Waals surface area contributed by atoms with Gasteiger partial charge in [-0.3, -0.25) is 4.31 Å². The molecule has 0 aliphatic rings. The number of methoxy groups -OCH3 is 1. The first kappa shape index (κ1) is 18.7. The van der Waals surface area contributed by atoms with E-state index in [1.54, 1.807) is 37.4 Å². The third-order valence-electron chi connectivity index (χ3n) is 3.96. The Labute approximate surface area is 157 Å². The van der Waals surface area contributed by atoms with Gasteiger partial charge in [0.05, 0.1) is 17.8 Å². The lowest BCUT2D eigenvalue weighted by molar-refractivity contribution is 0.146. The summed E-state index contributed by atoms with van der Waals surface area (Å²) < 4.78 is 37.6. The third kappa shape index (κ3) is 3.72. The summed E-state index contributed by atoms with van der Waals surface area (Å²) in [5.74, 6) is 0.473. The van der Waals surface area contributed by atoms with E-state index in [-0.39, 0.29) is 5.03 Å². The number of benzene rings is 1. The highest BCUT2D eigenvalue weighted by molar-refractivity contribution is 7.92. The standard InChI is InChI=1S/C18H18N4O4S/c1-22(27(23,24)17-5-3-4-6-20-17)16-11-15(26-8-7-25-2)10-13-9-14(12-19)21-18(13)16/h3-6,9-11,21H,7-8H2,1-2H3. The van der Waals surface area contributed by atoms with Crippen molar-refractivity contribution in [3.05, 3.63) is 48.3 Å². The van der Waals surface area contributed by atoms with E-state index in [2.05, 4.69) is 9.97 Å². The third-order valence-corrected chi connectivity index (χ3v) is 5.65. The van der Waals surface area contributed by atoms with Gasteiger partial charge in [-0.2, -0.15) is 13.7 Å². The summed E-state index contributed by atoms with van der Waals surface area (Å²) in [6.45, 7) is 0.708. The maximum atomic E-state index is 12.9. The summed E-state index contributed by atoms with van der Waals surface area (Å²) >= 11 is 0. The molecular weight excluding hydrogens is 368 g/mol. The molecule has 0 aliphatic heterocycles. The van der Waals surface area contributed by atoms with E-state index in [9.17, 15) is 13.7 Å². The first-order valence-corrected chi connectivity index (χ1v) is 9.50. The number of anilines is 1. The number of ether oxygens (including phenoxy) is 2. The molecular formula is C18H18N4O4S. The van der Waals surface area contributed by atoms with Crippen LogP contribution in [0.4, 0.5) is 5.69 Å². The molecule has 0 fully saturated rings. The highest BCUT2D eigenvalue weighted by Crippen LogP contribution is 2.34. The molecule has 3 aromatic rings. The van der Waals surface area contributed by atoms with Crippen LogP contribution in [-0.2, 0) is 14.8 Å². The van der Waals surface area contributed by atoms with Crippen molar-refractivity contribution >= 4 is 26.6 Å². The van der Waals surface area contributed by atoms with Gasteiger partial charge in [0, 0.05) is 31.8 Å². The van der Waals surface area contributed by atoms with Gasteiger partial charge >= 0.3 is 0 Å². The molecule has 27 heavy (non-hydrogen) atoms. The van der Waals surface area contributed by atoms with E-state index in [0.29, 0.717) is 41.2 Å². The van der Waals surface area contributed by atoms with Crippen LogP contribution < -0.4 is 9.04 Å². The van der Waals surface area contributed by atoms with Crippen LogP contribution >= 0.6 is 0 Å². The summed E-state index contributed by atoms with van der Waals surface area (Å²) in [5.41, 5.74) is 1.20. The molecule has 3 rings (SSSR count). The van der Waals surface area contributed by atoms with Crippen molar-refractivity contribution in [1.82, 2.24) is 9.97 Å². The Kier molecular flexibility index (Phi) is 5.30. The number of nitriles is 1. The van der Waals surface area contributed by atoms with Gasteiger partial charge < -0.3 is 14.5 Å². The fraction of sp³-hybridized carbons (Fsp3) is 0.222. The van der Waals surface area contributed by atoms with E-state index in [4.69, 9.17) is 9.47 Å². The lowest BCUT2D eigenvalue weighted by Gasteiger charge is -2.20. The zero-order chi connectivity index (χ0) is 19.4. The molecule has 0 aliphatic carbocycles. The van der Waals surface area contributed by atoms with Crippen molar-refractivity contribution in [2.24, 2.45) is 0 Å². The topological polar surface area (TPSA) is 108 Å². The van der Waals surface area contributed by atoms with Crippen molar-refractivity contribution < 1.29 is 17.9 Å². The number of fused-ring (bicyclic) bond motifs is 1. The normalized spacial score (nSPS) is 11.3. The minimum Gasteiger partial charge on any atom is -0.491 e. The molecule has 140 valence electrons. The van der Waals surface area contributed by atoms with Gasteiger partial charge in [-0.15, -0.1) is 0 Å². The molecule has 0 atom stereocenters. The lowest BCUT2D eigenvalue weighted by Crippen LogP contribution is -2.27. The first-order chi connectivity index (χ1) is 13.0. The van der Waals surface area contributed by atoms with Crippen molar-refractivity contribution in [1.29, 1.82) is 5.26 Å². The second-order valence-electron chi connectivity index (χ2n) is 5.68. The molecule has 8 nitrogen and oxygen atoms in total. The van der Waals surface area contributed by atoms with Crippen molar-refractivity contribution in [2.75, 3.05) is 31.7 Å². The number of hydrogen-bond donors (Lipinski definition) is 1. The van der Waals surface area contributed by atoms with Gasteiger partial charge in [-0.25, -0.2) is 4.98 Å². The maximum Gasteiger partial charge on any atom is 0.281 e. The average molecular weight is 386 g/mol. The molecule has 0 radical (unpaired) electrons. The minimum absolute atomic E-state index is 0.0709. The number of sulfonamides is 1. The number of rotatable bonds is 7. The molecule has 2 aromatic heterocycles. The number of hydrogen-bond acceptors (Lipinski definition) is 6. The van der Waals surface area contributed by atoms with Gasteiger partial charge in [0.15, 0.2) is 5.03 Å². The molecule has 0 spiro atoms. The van der Waals surface area contributed by atoms with Crippen LogP contribution in [0.15, 0.2) is 47.6 Å². The summed E-state index contributed by atoms with van der Waals surface area (Å²) in [4.78, 5) is 6.89. The zero-order valence-corrected chi connectivity index (χ0v) is 15.7. The molecule has 9 heteroatoms. The Bertz CT molecular complexity index is 1090. The monoisotopic (exact) mass is 386 g/mol. The average Bonchev–Trinajstić information content (AvgIpc) is 3.11. The molecule has 2 heterocycles. The first-order valence-electron chi connectivity index (χ1n) is 8.06. The summed E-state index contributed by atoms with van der Waals surface area (Å²) in [6.07, 6.45) is 1.42. The van der Waals surface area contributed by atoms with E-state index in [1.807, 2.05) is 6.07 Å². The summed E-state index contributed by atoms with van der Waals surface area (Å²) in [7, 11) is -0.883. The van der Waals surface area contributed by atoms with E-state index >= 15 is 0 Å². The Balaban J connectivity index is 2.10.